The zero-order valence-electron chi connectivity index (χ0n) is 22.7. The SMILES string of the molecule is COCCOC(=O)C1=C(C)N=c2sc(=Cc3ccc(-c4ccc(Cl)cc4[N+](=O)[O-])o3)c(=O)n2C1c1ccccc1OC. The molecule has 0 saturated heterocycles. The average molecular weight is 610 g/mol. The van der Waals surface area contributed by atoms with Gasteiger partial charge in [0.1, 0.15) is 29.9 Å². The lowest BCUT2D eigenvalue weighted by Gasteiger charge is -2.26. The van der Waals surface area contributed by atoms with Crippen molar-refractivity contribution in [2.75, 3.05) is 27.4 Å². The van der Waals surface area contributed by atoms with Gasteiger partial charge < -0.3 is 18.6 Å². The normalized spacial score (nSPS) is 14.9. The predicted octanol–water partition coefficient (Wildman–Crippen LogP) is 4.26. The molecule has 0 fully saturated rings. The summed E-state index contributed by atoms with van der Waals surface area (Å²) in [5.74, 6) is 0.386. The lowest BCUT2D eigenvalue weighted by molar-refractivity contribution is -0.384. The predicted molar refractivity (Wildman–Crippen MR) is 155 cm³/mol. The second kappa shape index (κ2) is 12.1. The number of hydrogen-bond donors (Lipinski definition) is 0. The summed E-state index contributed by atoms with van der Waals surface area (Å²) in [6, 6.07) is 13.7. The van der Waals surface area contributed by atoms with Crippen LogP contribution in [0.5, 0.6) is 5.75 Å². The molecule has 0 N–H and O–H groups in total. The summed E-state index contributed by atoms with van der Waals surface area (Å²) < 4.78 is 23.6. The first-order chi connectivity index (χ1) is 20.2. The number of ether oxygens (including phenoxy) is 3. The van der Waals surface area contributed by atoms with E-state index in [0.29, 0.717) is 27.6 Å². The molecule has 0 radical (unpaired) electrons. The van der Waals surface area contributed by atoms with Gasteiger partial charge >= 0.3 is 5.97 Å². The molecule has 1 aliphatic rings. The van der Waals surface area contributed by atoms with Crippen LogP contribution in [0.4, 0.5) is 5.69 Å². The Bertz CT molecular complexity index is 1910. The largest absolute Gasteiger partial charge is 0.496 e. The fraction of sp³-hybridized carbons (Fsp3) is 0.207. The van der Waals surface area contributed by atoms with Crippen molar-refractivity contribution in [3.05, 3.63) is 112 Å². The van der Waals surface area contributed by atoms with Crippen molar-refractivity contribution in [3.63, 3.8) is 0 Å². The van der Waals surface area contributed by atoms with Crippen LogP contribution < -0.4 is 19.6 Å². The lowest BCUT2D eigenvalue weighted by atomic mass is 9.95. The van der Waals surface area contributed by atoms with Crippen LogP contribution in [0.15, 0.2) is 80.1 Å². The fourth-order valence-corrected chi connectivity index (χ4v) is 5.83. The average Bonchev–Trinajstić information content (AvgIpc) is 3.56. The maximum absolute atomic E-state index is 13.9. The van der Waals surface area contributed by atoms with Gasteiger partial charge in [-0.05, 0) is 37.3 Å². The van der Waals surface area contributed by atoms with Gasteiger partial charge in [-0.3, -0.25) is 19.5 Å². The van der Waals surface area contributed by atoms with Crippen molar-refractivity contribution in [1.82, 2.24) is 4.57 Å². The molecule has 4 aromatic rings. The minimum absolute atomic E-state index is 0.0296. The van der Waals surface area contributed by atoms with E-state index >= 15 is 0 Å². The number of thiazole rings is 1. The number of para-hydroxylation sites is 1. The Morgan fingerprint density at radius 1 is 1.19 bits per heavy atom. The smallest absolute Gasteiger partial charge is 0.338 e. The quantitative estimate of drug-likeness (QED) is 0.119. The molecule has 1 unspecified atom stereocenters. The molecule has 5 rings (SSSR count). The van der Waals surface area contributed by atoms with Crippen LogP contribution in [-0.4, -0.2) is 42.9 Å². The number of aromatic nitrogens is 1. The van der Waals surface area contributed by atoms with Crippen molar-refractivity contribution in [1.29, 1.82) is 0 Å². The van der Waals surface area contributed by atoms with Gasteiger partial charge in [-0.1, -0.05) is 41.1 Å². The van der Waals surface area contributed by atoms with Crippen LogP contribution in [0.3, 0.4) is 0 Å². The molecular weight excluding hydrogens is 586 g/mol. The van der Waals surface area contributed by atoms with E-state index in [9.17, 15) is 19.7 Å². The first kappa shape index (κ1) is 29.0. The number of nitro groups is 1. The summed E-state index contributed by atoms with van der Waals surface area (Å²) in [6.45, 7) is 1.92. The Morgan fingerprint density at radius 3 is 2.71 bits per heavy atom. The van der Waals surface area contributed by atoms with Gasteiger partial charge in [0.25, 0.3) is 11.2 Å². The molecule has 2 aromatic heterocycles. The summed E-state index contributed by atoms with van der Waals surface area (Å²) in [6.07, 6.45) is 1.53. The third-order valence-corrected chi connectivity index (χ3v) is 7.74. The highest BCUT2D eigenvalue weighted by molar-refractivity contribution is 7.07. The molecule has 1 atom stereocenters. The zero-order chi connectivity index (χ0) is 30.0. The number of carbonyl (C=O) groups is 1. The molecule has 2 aromatic carbocycles. The number of rotatable bonds is 9. The van der Waals surface area contributed by atoms with Gasteiger partial charge in [-0.2, -0.15) is 0 Å². The molecule has 42 heavy (non-hydrogen) atoms. The molecule has 0 aliphatic carbocycles. The first-order valence-corrected chi connectivity index (χ1v) is 13.8. The third-order valence-electron chi connectivity index (χ3n) is 6.52. The number of benzene rings is 2. The molecular formula is C29H24ClN3O8S. The summed E-state index contributed by atoms with van der Waals surface area (Å²) >= 11 is 7.06. The van der Waals surface area contributed by atoms with Gasteiger partial charge in [0.05, 0.1) is 40.0 Å². The number of fused-ring (bicyclic) bond motifs is 1. The van der Waals surface area contributed by atoms with Crippen LogP contribution in [0.2, 0.25) is 5.02 Å². The Hall–Kier alpha value is -4.52. The van der Waals surface area contributed by atoms with Crippen LogP contribution in [-0.2, 0) is 14.3 Å². The van der Waals surface area contributed by atoms with Crippen molar-refractivity contribution in [2.24, 2.45) is 4.99 Å². The number of halogens is 1. The van der Waals surface area contributed by atoms with E-state index in [1.807, 2.05) is 0 Å². The molecule has 0 amide bonds. The van der Waals surface area contributed by atoms with Crippen LogP contribution >= 0.6 is 22.9 Å². The van der Waals surface area contributed by atoms with E-state index in [1.54, 1.807) is 43.3 Å². The van der Waals surface area contributed by atoms with Gasteiger partial charge in [0.2, 0.25) is 0 Å². The van der Waals surface area contributed by atoms with Crippen molar-refractivity contribution >= 4 is 40.7 Å². The number of hydrogen-bond acceptors (Lipinski definition) is 10. The maximum Gasteiger partial charge on any atom is 0.338 e. The second-order valence-electron chi connectivity index (χ2n) is 9.07. The van der Waals surface area contributed by atoms with Crippen LogP contribution in [0, 0.1) is 10.1 Å². The van der Waals surface area contributed by atoms with Gasteiger partial charge in [-0.25, -0.2) is 9.79 Å². The lowest BCUT2D eigenvalue weighted by Crippen LogP contribution is -2.40. The van der Waals surface area contributed by atoms with E-state index < -0.39 is 22.5 Å². The molecule has 216 valence electrons. The highest BCUT2D eigenvalue weighted by Gasteiger charge is 2.35. The Kier molecular flexibility index (Phi) is 8.39. The number of carbonyl (C=O) groups excluding carboxylic acids is 1. The van der Waals surface area contributed by atoms with Gasteiger partial charge in [0.15, 0.2) is 4.80 Å². The van der Waals surface area contributed by atoms with E-state index in [-0.39, 0.29) is 45.4 Å². The molecule has 3 heterocycles. The summed E-state index contributed by atoms with van der Waals surface area (Å²) in [5.41, 5.74) is 0.797. The maximum atomic E-state index is 13.9. The van der Waals surface area contributed by atoms with Gasteiger partial charge in [-0.15, -0.1) is 0 Å². The third kappa shape index (κ3) is 5.51. The fourth-order valence-electron chi connectivity index (χ4n) is 4.63. The monoisotopic (exact) mass is 609 g/mol. The van der Waals surface area contributed by atoms with Crippen LogP contribution in [0.1, 0.15) is 24.3 Å². The minimum Gasteiger partial charge on any atom is -0.496 e. The number of esters is 1. The van der Waals surface area contributed by atoms with Crippen molar-refractivity contribution in [3.8, 4) is 17.1 Å². The summed E-state index contributed by atoms with van der Waals surface area (Å²) in [5, 5.41) is 11.8. The minimum atomic E-state index is -0.876. The molecule has 11 nitrogen and oxygen atoms in total. The number of nitro benzene ring substituents is 1. The second-order valence-corrected chi connectivity index (χ2v) is 10.5. The standard InChI is InChI=1S/C29H24ClN3O8S/c1-16-25(28(35)40-13-12-38-2)26(20-6-4-5-7-22(20)39-3)32-27(34)24(42-29(32)31-16)15-18-9-11-23(41-18)19-10-8-17(30)14-21(19)33(36)37/h4-11,14-15,26H,12-13H2,1-3H3. The molecule has 1 aliphatic heterocycles. The van der Waals surface area contributed by atoms with Crippen molar-refractivity contribution in [2.45, 2.75) is 13.0 Å². The Morgan fingerprint density at radius 2 is 1.98 bits per heavy atom. The van der Waals surface area contributed by atoms with Gasteiger partial charge in [0, 0.05) is 29.8 Å². The molecule has 0 bridgehead atoms. The molecule has 13 heteroatoms. The molecule has 0 saturated carbocycles. The number of furan rings is 1. The van der Waals surface area contributed by atoms with E-state index in [0.717, 1.165) is 11.3 Å². The number of methoxy groups -OCH3 is 2. The summed E-state index contributed by atoms with van der Waals surface area (Å²) in [7, 11) is 3.01. The van der Waals surface area contributed by atoms with Crippen LogP contribution in [0.25, 0.3) is 17.4 Å². The highest BCUT2D eigenvalue weighted by Crippen LogP contribution is 2.36. The van der Waals surface area contributed by atoms with E-state index in [2.05, 4.69) is 4.99 Å². The zero-order valence-corrected chi connectivity index (χ0v) is 24.2. The first-order valence-electron chi connectivity index (χ1n) is 12.6. The Labute approximate surface area is 247 Å². The summed E-state index contributed by atoms with van der Waals surface area (Å²) in [4.78, 5) is 43.1. The highest BCUT2D eigenvalue weighted by atomic mass is 35.5. The Balaban J connectivity index is 1.63. The number of allylic oxidation sites excluding steroid dienone is 1. The number of nitrogens with zero attached hydrogens (tertiary/aromatic N) is 3. The van der Waals surface area contributed by atoms with E-state index in [4.69, 9.17) is 30.2 Å². The van der Waals surface area contributed by atoms with E-state index in [1.165, 1.54) is 43.1 Å². The van der Waals surface area contributed by atoms with Crippen molar-refractivity contribution < 1.29 is 28.3 Å². The topological polar surface area (TPSA) is 135 Å². The molecule has 0 spiro atoms.